The molecule has 1 amide bonds. The fourth-order valence-electron chi connectivity index (χ4n) is 2.19. The molecular formula is C18H17FN4O4S2. The van der Waals surface area contributed by atoms with Gasteiger partial charge in [0.25, 0.3) is 5.22 Å². The van der Waals surface area contributed by atoms with Crippen LogP contribution < -0.4 is 10.0 Å². The predicted octanol–water partition coefficient (Wildman–Crippen LogP) is 3.37. The van der Waals surface area contributed by atoms with Gasteiger partial charge in [-0.25, -0.2) is 12.8 Å². The normalized spacial score (nSPS) is 11.2. The van der Waals surface area contributed by atoms with Crippen molar-refractivity contribution in [2.45, 2.75) is 12.1 Å². The molecule has 0 saturated heterocycles. The summed E-state index contributed by atoms with van der Waals surface area (Å²) < 4.78 is 44.6. The summed E-state index contributed by atoms with van der Waals surface area (Å²) in [6, 6.07) is 12.3. The summed E-state index contributed by atoms with van der Waals surface area (Å²) in [6.45, 7) is 1.55. The average molecular weight is 436 g/mol. The number of amides is 1. The van der Waals surface area contributed by atoms with Gasteiger partial charge < -0.3 is 9.73 Å². The molecule has 0 spiro atoms. The first-order valence-corrected chi connectivity index (χ1v) is 11.1. The minimum atomic E-state index is -3.35. The molecule has 2 aromatic carbocycles. The van der Waals surface area contributed by atoms with Gasteiger partial charge in [0.15, 0.2) is 0 Å². The van der Waals surface area contributed by atoms with E-state index >= 15 is 0 Å². The van der Waals surface area contributed by atoms with Gasteiger partial charge in [0.05, 0.1) is 17.2 Å². The molecule has 1 aromatic heterocycles. The van der Waals surface area contributed by atoms with Crippen molar-refractivity contribution >= 4 is 39.1 Å². The van der Waals surface area contributed by atoms with Gasteiger partial charge in [-0.3, -0.25) is 9.52 Å². The highest BCUT2D eigenvalue weighted by molar-refractivity contribution is 7.99. The number of halogens is 1. The summed E-state index contributed by atoms with van der Waals surface area (Å²) in [5.74, 6) is -0.757. The molecule has 0 aliphatic heterocycles. The first-order valence-electron chi connectivity index (χ1n) is 8.48. The van der Waals surface area contributed by atoms with E-state index < -0.39 is 21.7 Å². The Morgan fingerprint density at radius 1 is 1.14 bits per heavy atom. The zero-order valence-corrected chi connectivity index (χ0v) is 16.9. The van der Waals surface area contributed by atoms with Crippen molar-refractivity contribution in [3.05, 3.63) is 54.3 Å². The van der Waals surface area contributed by atoms with Crippen LogP contribution in [0.2, 0.25) is 0 Å². The molecule has 8 nitrogen and oxygen atoms in total. The third kappa shape index (κ3) is 5.78. The Kier molecular flexibility index (Phi) is 6.49. The number of anilines is 2. The van der Waals surface area contributed by atoms with Crippen LogP contribution in [0.25, 0.3) is 11.5 Å². The highest BCUT2D eigenvalue weighted by Gasteiger charge is 2.13. The molecule has 0 aliphatic rings. The minimum Gasteiger partial charge on any atom is -0.411 e. The standard InChI is InChI=1S/C18H17FN4O4S2/c1-2-29(25,26)23-13-9-7-12(8-10-13)17-21-22-18(27-17)28-11-16(24)20-15-6-4-3-5-14(15)19/h3-10,23H,2,11H2,1H3,(H,20,24). The second-order valence-corrected chi connectivity index (χ2v) is 8.71. The Bertz CT molecular complexity index is 1100. The monoisotopic (exact) mass is 436 g/mol. The molecule has 3 rings (SSSR count). The van der Waals surface area contributed by atoms with Crippen LogP contribution in [0.4, 0.5) is 15.8 Å². The van der Waals surface area contributed by atoms with Crippen LogP contribution in [0.3, 0.4) is 0 Å². The maximum absolute atomic E-state index is 13.5. The highest BCUT2D eigenvalue weighted by Crippen LogP contribution is 2.25. The van der Waals surface area contributed by atoms with Crippen molar-refractivity contribution in [2.24, 2.45) is 0 Å². The lowest BCUT2D eigenvalue weighted by molar-refractivity contribution is -0.113. The molecule has 0 aliphatic carbocycles. The van der Waals surface area contributed by atoms with Crippen LogP contribution in [-0.4, -0.2) is 36.0 Å². The fraction of sp³-hybridized carbons (Fsp3) is 0.167. The van der Waals surface area contributed by atoms with E-state index in [-0.39, 0.29) is 28.3 Å². The van der Waals surface area contributed by atoms with Crippen LogP contribution in [0.5, 0.6) is 0 Å². The zero-order chi connectivity index (χ0) is 20.9. The Hall–Kier alpha value is -2.92. The molecule has 11 heteroatoms. The Labute approximate surface area is 171 Å². The minimum absolute atomic E-state index is 0.0243. The van der Waals surface area contributed by atoms with Crippen molar-refractivity contribution in [3.63, 3.8) is 0 Å². The second-order valence-electron chi connectivity index (χ2n) is 5.77. The summed E-state index contributed by atoms with van der Waals surface area (Å²) in [7, 11) is -3.35. The molecule has 0 saturated carbocycles. The van der Waals surface area contributed by atoms with Crippen LogP contribution in [0.15, 0.2) is 58.2 Å². The Balaban J connectivity index is 1.58. The average Bonchev–Trinajstić information content (AvgIpc) is 3.18. The van der Waals surface area contributed by atoms with Crippen LogP contribution >= 0.6 is 11.8 Å². The van der Waals surface area contributed by atoms with Crippen molar-refractivity contribution in [1.29, 1.82) is 0 Å². The quantitative estimate of drug-likeness (QED) is 0.520. The number of carbonyl (C=O) groups excluding carboxylic acids is 1. The van der Waals surface area contributed by atoms with Gasteiger partial charge in [0.1, 0.15) is 5.82 Å². The summed E-state index contributed by atoms with van der Waals surface area (Å²) in [6.07, 6.45) is 0. The summed E-state index contributed by atoms with van der Waals surface area (Å²) in [5, 5.41) is 10.4. The topological polar surface area (TPSA) is 114 Å². The second kappa shape index (κ2) is 9.05. The molecule has 0 bridgehead atoms. The van der Waals surface area contributed by atoms with E-state index in [0.29, 0.717) is 11.3 Å². The molecule has 0 radical (unpaired) electrons. The van der Waals surface area contributed by atoms with Crippen molar-refractivity contribution in [2.75, 3.05) is 21.5 Å². The first kappa shape index (κ1) is 20.8. The number of carbonyl (C=O) groups is 1. The number of sulfonamides is 1. The molecule has 152 valence electrons. The van der Waals surface area contributed by atoms with Gasteiger partial charge in [-0.2, -0.15) is 0 Å². The number of hydrogen-bond acceptors (Lipinski definition) is 7. The predicted molar refractivity (Wildman–Crippen MR) is 109 cm³/mol. The zero-order valence-electron chi connectivity index (χ0n) is 15.3. The highest BCUT2D eigenvalue weighted by atomic mass is 32.2. The molecule has 0 atom stereocenters. The van der Waals surface area contributed by atoms with E-state index in [9.17, 15) is 17.6 Å². The van der Waals surface area contributed by atoms with Crippen molar-refractivity contribution in [3.8, 4) is 11.5 Å². The summed E-state index contributed by atoms with van der Waals surface area (Å²) in [4.78, 5) is 11.9. The van der Waals surface area contributed by atoms with E-state index in [4.69, 9.17) is 4.42 Å². The maximum atomic E-state index is 13.5. The van der Waals surface area contributed by atoms with Crippen LogP contribution in [0.1, 0.15) is 6.92 Å². The third-order valence-corrected chi connectivity index (χ3v) is 5.79. The van der Waals surface area contributed by atoms with Gasteiger partial charge in [-0.1, -0.05) is 23.9 Å². The van der Waals surface area contributed by atoms with E-state index in [1.165, 1.54) is 18.2 Å². The van der Waals surface area contributed by atoms with E-state index in [0.717, 1.165) is 11.8 Å². The summed E-state index contributed by atoms with van der Waals surface area (Å²) in [5.41, 5.74) is 1.12. The number of para-hydroxylation sites is 1. The largest absolute Gasteiger partial charge is 0.411 e. The van der Waals surface area contributed by atoms with Crippen molar-refractivity contribution in [1.82, 2.24) is 10.2 Å². The molecular weight excluding hydrogens is 419 g/mol. The smallest absolute Gasteiger partial charge is 0.277 e. The van der Waals surface area contributed by atoms with Gasteiger partial charge >= 0.3 is 0 Å². The number of hydrogen-bond donors (Lipinski definition) is 2. The van der Waals surface area contributed by atoms with Gasteiger partial charge in [-0.05, 0) is 43.3 Å². The van der Waals surface area contributed by atoms with Gasteiger partial charge in [0, 0.05) is 11.3 Å². The molecule has 0 unspecified atom stereocenters. The van der Waals surface area contributed by atoms with E-state index in [1.807, 2.05) is 0 Å². The molecule has 3 aromatic rings. The number of nitrogens with zero attached hydrogens (tertiary/aromatic N) is 2. The number of rotatable bonds is 8. The number of thioether (sulfide) groups is 1. The van der Waals surface area contributed by atoms with E-state index in [2.05, 4.69) is 20.2 Å². The third-order valence-electron chi connectivity index (χ3n) is 3.67. The fourth-order valence-corrected chi connectivity index (χ4v) is 3.40. The van der Waals surface area contributed by atoms with E-state index in [1.54, 1.807) is 37.3 Å². The first-order chi connectivity index (χ1) is 13.9. The maximum Gasteiger partial charge on any atom is 0.277 e. The summed E-state index contributed by atoms with van der Waals surface area (Å²) >= 11 is 1.02. The van der Waals surface area contributed by atoms with Gasteiger partial charge in [0.2, 0.25) is 21.8 Å². The van der Waals surface area contributed by atoms with Crippen LogP contribution in [0, 0.1) is 5.82 Å². The Morgan fingerprint density at radius 2 is 1.86 bits per heavy atom. The SMILES string of the molecule is CCS(=O)(=O)Nc1ccc(-c2nnc(SCC(=O)Nc3ccccc3F)o2)cc1. The lowest BCUT2D eigenvalue weighted by Gasteiger charge is -2.05. The van der Waals surface area contributed by atoms with Crippen molar-refractivity contribution < 1.29 is 22.0 Å². The lowest BCUT2D eigenvalue weighted by Crippen LogP contribution is -2.14. The molecule has 2 N–H and O–H groups in total. The number of nitrogens with one attached hydrogen (secondary N) is 2. The number of aromatic nitrogens is 2. The Morgan fingerprint density at radius 3 is 2.55 bits per heavy atom. The molecule has 1 heterocycles. The molecule has 0 fully saturated rings. The van der Waals surface area contributed by atoms with Gasteiger partial charge in [-0.15, -0.1) is 10.2 Å². The molecule has 29 heavy (non-hydrogen) atoms. The number of benzene rings is 2. The van der Waals surface area contributed by atoms with Crippen LogP contribution in [-0.2, 0) is 14.8 Å². The lowest BCUT2D eigenvalue weighted by atomic mass is 10.2.